The third-order valence-corrected chi connectivity index (χ3v) is 0.483. The molecular formula is C3H9NO2. The smallest absolute Gasteiger partial charge is 0.128 e. The molecule has 0 bridgehead atoms. The number of hydrogen-bond donors (Lipinski definition) is 2. The van der Waals surface area contributed by atoms with Crippen LogP contribution in [0.25, 0.3) is 0 Å². The fraction of sp³-hybridized carbons (Fsp3) is 1.00. The van der Waals surface area contributed by atoms with Gasteiger partial charge in [0.15, 0.2) is 0 Å². The van der Waals surface area contributed by atoms with Crippen LogP contribution in [0.3, 0.4) is 0 Å². The Morgan fingerprint density at radius 3 is 2.50 bits per heavy atom. The monoisotopic (exact) mass is 91.1 g/mol. The van der Waals surface area contributed by atoms with Crippen molar-refractivity contribution in [2.75, 3.05) is 13.7 Å². The van der Waals surface area contributed by atoms with Gasteiger partial charge in [0.05, 0.1) is 6.61 Å². The lowest BCUT2D eigenvalue weighted by molar-refractivity contribution is 0.0538. The first-order valence-corrected chi connectivity index (χ1v) is 1.70. The zero-order valence-corrected chi connectivity index (χ0v) is 3.72. The van der Waals surface area contributed by atoms with E-state index in [0.29, 0.717) is 0 Å². The molecule has 0 aliphatic heterocycles. The van der Waals surface area contributed by atoms with E-state index in [9.17, 15) is 0 Å². The van der Waals surface area contributed by atoms with Crippen molar-refractivity contribution >= 4 is 0 Å². The molecule has 0 heterocycles. The topological polar surface area (TPSA) is 55.5 Å². The third-order valence-electron chi connectivity index (χ3n) is 0.483. The van der Waals surface area contributed by atoms with Crippen molar-refractivity contribution in [3.63, 3.8) is 0 Å². The number of methoxy groups -OCH3 is 1. The third kappa shape index (κ3) is 2.14. The van der Waals surface area contributed by atoms with Gasteiger partial charge in [0, 0.05) is 7.11 Å². The second-order valence-corrected chi connectivity index (χ2v) is 0.957. The van der Waals surface area contributed by atoms with Crippen LogP contribution in [-0.4, -0.2) is 25.1 Å². The first-order chi connectivity index (χ1) is 2.81. The van der Waals surface area contributed by atoms with E-state index in [1.54, 1.807) is 0 Å². The molecule has 38 valence electrons. The predicted molar refractivity (Wildman–Crippen MR) is 22.1 cm³/mol. The highest BCUT2D eigenvalue weighted by atomic mass is 16.5. The van der Waals surface area contributed by atoms with Gasteiger partial charge in [0.2, 0.25) is 0 Å². The van der Waals surface area contributed by atoms with Crippen LogP contribution in [-0.2, 0) is 4.74 Å². The molecular weight excluding hydrogens is 82.0 g/mol. The summed E-state index contributed by atoms with van der Waals surface area (Å²) in [6, 6.07) is 0. The number of hydrogen-bond acceptors (Lipinski definition) is 3. The summed E-state index contributed by atoms with van der Waals surface area (Å²) in [5.74, 6) is 0. The van der Waals surface area contributed by atoms with Gasteiger partial charge in [-0.25, -0.2) is 0 Å². The number of ether oxygens (including phenoxy) is 1. The highest BCUT2D eigenvalue weighted by molar-refractivity contribution is 4.35. The minimum Gasteiger partial charge on any atom is -0.392 e. The van der Waals surface area contributed by atoms with E-state index >= 15 is 0 Å². The van der Waals surface area contributed by atoms with Crippen LogP contribution in [0.1, 0.15) is 0 Å². The molecule has 0 aromatic heterocycles. The maximum atomic E-state index is 8.08. The summed E-state index contributed by atoms with van der Waals surface area (Å²) in [4.78, 5) is 0. The largest absolute Gasteiger partial charge is 0.392 e. The average molecular weight is 91.1 g/mol. The zero-order chi connectivity index (χ0) is 4.99. The Bertz CT molecular complexity index is 28.0. The van der Waals surface area contributed by atoms with Crippen LogP contribution in [0.4, 0.5) is 0 Å². The van der Waals surface area contributed by atoms with E-state index < -0.39 is 6.23 Å². The van der Waals surface area contributed by atoms with E-state index in [1.807, 2.05) is 0 Å². The molecule has 0 rings (SSSR count). The molecule has 0 radical (unpaired) electrons. The molecule has 3 N–H and O–H groups in total. The molecule has 0 aromatic carbocycles. The first kappa shape index (κ1) is 5.88. The zero-order valence-electron chi connectivity index (χ0n) is 3.72. The SMILES string of the molecule is COC(N)CO. The van der Waals surface area contributed by atoms with E-state index in [0.717, 1.165) is 0 Å². The fourth-order valence-electron chi connectivity index (χ4n) is 0.0745. The predicted octanol–water partition coefficient (Wildman–Crippen LogP) is -1.09. The van der Waals surface area contributed by atoms with Crippen molar-refractivity contribution < 1.29 is 9.84 Å². The molecule has 6 heavy (non-hydrogen) atoms. The summed E-state index contributed by atoms with van der Waals surface area (Å²) >= 11 is 0. The van der Waals surface area contributed by atoms with E-state index in [2.05, 4.69) is 4.74 Å². The van der Waals surface area contributed by atoms with Crippen molar-refractivity contribution in [2.24, 2.45) is 5.73 Å². The number of aliphatic hydroxyl groups is 1. The Kier molecular flexibility index (Phi) is 3.02. The van der Waals surface area contributed by atoms with Gasteiger partial charge in [0.25, 0.3) is 0 Å². The Labute approximate surface area is 36.7 Å². The van der Waals surface area contributed by atoms with E-state index in [-0.39, 0.29) is 6.61 Å². The minimum atomic E-state index is -0.509. The van der Waals surface area contributed by atoms with Crippen molar-refractivity contribution in [1.29, 1.82) is 0 Å². The summed E-state index contributed by atoms with van der Waals surface area (Å²) in [5.41, 5.74) is 5.00. The summed E-state index contributed by atoms with van der Waals surface area (Å²) in [5, 5.41) is 8.08. The molecule has 0 saturated carbocycles. The molecule has 0 aliphatic carbocycles. The Morgan fingerprint density at radius 1 is 2.00 bits per heavy atom. The van der Waals surface area contributed by atoms with E-state index in [1.165, 1.54) is 7.11 Å². The van der Waals surface area contributed by atoms with Crippen LogP contribution < -0.4 is 5.73 Å². The second-order valence-electron chi connectivity index (χ2n) is 0.957. The van der Waals surface area contributed by atoms with Crippen LogP contribution in [0, 0.1) is 0 Å². The number of aliphatic hydroxyl groups excluding tert-OH is 1. The second kappa shape index (κ2) is 3.08. The van der Waals surface area contributed by atoms with Gasteiger partial charge in [-0.3, -0.25) is 0 Å². The maximum Gasteiger partial charge on any atom is 0.128 e. The van der Waals surface area contributed by atoms with Gasteiger partial charge in [0.1, 0.15) is 6.23 Å². The Hall–Kier alpha value is -0.120. The van der Waals surface area contributed by atoms with E-state index in [4.69, 9.17) is 10.8 Å². The lowest BCUT2D eigenvalue weighted by Crippen LogP contribution is -2.25. The molecule has 0 aromatic rings. The van der Waals surface area contributed by atoms with Crippen molar-refractivity contribution in [1.82, 2.24) is 0 Å². The first-order valence-electron chi connectivity index (χ1n) is 1.70. The quantitative estimate of drug-likeness (QED) is 0.424. The van der Waals surface area contributed by atoms with Crippen LogP contribution in [0.5, 0.6) is 0 Å². The Morgan fingerprint density at radius 2 is 2.50 bits per heavy atom. The van der Waals surface area contributed by atoms with Crippen molar-refractivity contribution in [3.05, 3.63) is 0 Å². The minimum absolute atomic E-state index is 0.115. The summed E-state index contributed by atoms with van der Waals surface area (Å²) < 4.78 is 4.43. The van der Waals surface area contributed by atoms with Crippen molar-refractivity contribution in [2.45, 2.75) is 6.23 Å². The number of nitrogens with two attached hydrogens (primary N) is 1. The molecule has 0 spiro atoms. The van der Waals surface area contributed by atoms with Gasteiger partial charge in [-0.2, -0.15) is 0 Å². The van der Waals surface area contributed by atoms with Gasteiger partial charge >= 0.3 is 0 Å². The fourth-order valence-corrected chi connectivity index (χ4v) is 0.0745. The molecule has 0 aliphatic rings. The molecule has 1 unspecified atom stereocenters. The summed E-state index contributed by atoms with van der Waals surface area (Å²) in [6.07, 6.45) is -0.509. The summed E-state index contributed by atoms with van der Waals surface area (Å²) in [7, 11) is 1.45. The Balaban J connectivity index is 2.75. The molecule has 3 heteroatoms. The maximum absolute atomic E-state index is 8.08. The van der Waals surface area contributed by atoms with Crippen LogP contribution in [0.15, 0.2) is 0 Å². The standard InChI is InChI=1S/C3H9NO2/c1-6-3(4)2-5/h3,5H,2,4H2,1H3. The van der Waals surface area contributed by atoms with Crippen molar-refractivity contribution in [3.8, 4) is 0 Å². The average Bonchev–Trinajstić information content (AvgIpc) is 1.65. The van der Waals surface area contributed by atoms with Gasteiger partial charge < -0.3 is 15.6 Å². The molecule has 0 fully saturated rings. The highest BCUT2D eigenvalue weighted by Gasteiger charge is 1.90. The summed E-state index contributed by atoms with van der Waals surface area (Å²) in [6.45, 7) is -0.115. The van der Waals surface area contributed by atoms with Gasteiger partial charge in [-0.1, -0.05) is 0 Å². The lowest BCUT2D eigenvalue weighted by Gasteiger charge is -2.01. The van der Waals surface area contributed by atoms with Gasteiger partial charge in [-0.05, 0) is 0 Å². The van der Waals surface area contributed by atoms with Gasteiger partial charge in [-0.15, -0.1) is 0 Å². The molecule has 3 nitrogen and oxygen atoms in total. The molecule has 1 atom stereocenters. The normalized spacial score (nSPS) is 14.5. The molecule has 0 amide bonds. The number of rotatable bonds is 2. The van der Waals surface area contributed by atoms with Crippen LogP contribution >= 0.6 is 0 Å². The van der Waals surface area contributed by atoms with Crippen LogP contribution in [0.2, 0.25) is 0 Å². The molecule has 0 saturated heterocycles. The lowest BCUT2D eigenvalue weighted by atomic mass is 10.6. The highest BCUT2D eigenvalue weighted by Crippen LogP contribution is 1.70.